The number of amides is 1. The number of nitrogens with zero attached hydrogens (tertiary/aromatic N) is 1. The summed E-state index contributed by atoms with van der Waals surface area (Å²) in [4.78, 5) is 29.8. The molecule has 1 aliphatic carbocycles. The largest absolute Gasteiger partial charge is 0.467 e. The number of anilines is 1. The van der Waals surface area contributed by atoms with Crippen LogP contribution in [-0.4, -0.2) is 43.1 Å². The van der Waals surface area contributed by atoms with Crippen LogP contribution in [0.25, 0.3) is 0 Å². The summed E-state index contributed by atoms with van der Waals surface area (Å²) in [5.74, 6) is 0.483. The van der Waals surface area contributed by atoms with E-state index >= 15 is 0 Å². The highest BCUT2D eigenvalue weighted by atomic mass is 16.5. The molecule has 1 aromatic carbocycles. The first-order valence-corrected chi connectivity index (χ1v) is 11.4. The van der Waals surface area contributed by atoms with Gasteiger partial charge in [0.25, 0.3) is 0 Å². The van der Waals surface area contributed by atoms with Crippen molar-refractivity contribution < 1.29 is 14.3 Å². The van der Waals surface area contributed by atoms with Crippen molar-refractivity contribution in [3.63, 3.8) is 0 Å². The fraction of sp³-hybridized carbons (Fsp3) is 0.625. The molecule has 0 bridgehead atoms. The average molecular weight is 429 g/mol. The Morgan fingerprint density at radius 2 is 1.84 bits per heavy atom. The topological polar surface area (TPSA) is 91.8 Å². The number of amidine groups is 1. The van der Waals surface area contributed by atoms with E-state index in [-0.39, 0.29) is 23.7 Å². The number of ether oxygens (including phenoxy) is 1. The van der Waals surface area contributed by atoms with Crippen molar-refractivity contribution in [1.29, 1.82) is 0 Å². The van der Waals surface area contributed by atoms with E-state index in [2.05, 4.69) is 16.0 Å². The van der Waals surface area contributed by atoms with Crippen molar-refractivity contribution in [3.8, 4) is 0 Å². The molecule has 7 nitrogen and oxygen atoms in total. The van der Waals surface area contributed by atoms with E-state index in [1.807, 2.05) is 45.0 Å². The van der Waals surface area contributed by atoms with Crippen LogP contribution in [0.5, 0.6) is 0 Å². The van der Waals surface area contributed by atoms with Crippen LogP contribution in [0.2, 0.25) is 0 Å². The number of para-hydroxylation sites is 1. The van der Waals surface area contributed by atoms with Gasteiger partial charge in [0.15, 0.2) is 6.04 Å². The lowest BCUT2D eigenvalue weighted by Gasteiger charge is -2.40. The number of carbonyl (C=O) groups excluding carboxylic acids is 2. The molecule has 1 fully saturated rings. The van der Waals surface area contributed by atoms with Crippen LogP contribution in [0.1, 0.15) is 64.9 Å². The number of fused-ring (bicyclic) bond motifs is 1. The minimum Gasteiger partial charge on any atom is -0.467 e. The maximum Gasteiger partial charge on any atom is 0.330 e. The van der Waals surface area contributed by atoms with Crippen LogP contribution in [-0.2, 0) is 14.3 Å². The number of hydrogen-bond acceptors (Lipinski definition) is 5. The van der Waals surface area contributed by atoms with Gasteiger partial charge in [0.2, 0.25) is 5.91 Å². The van der Waals surface area contributed by atoms with Crippen LogP contribution >= 0.6 is 0 Å². The van der Waals surface area contributed by atoms with Crippen molar-refractivity contribution in [3.05, 3.63) is 29.8 Å². The zero-order valence-corrected chi connectivity index (χ0v) is 19.2. The van der Waals surface area contributed by atoms with E-state index in [0.717, 1.165) is 36.9 Å². The smallest absolute Gasteiger partial charge is 0.330 e. The lowest BCUT2D eigenvalue weighted by molar-refractivity contribution is -0.143. The van der Waals surface area contributed by atoms with Gasteiger partial charge in [-0.2, -0.15) is 0 Å². The number of nitrogens with one attached hydrogen (secondary N) is 3. The Balaban J connectivity index is 1.80. The number of hydrogen-bond donors (Lipinski definition) is 3. The zero-order valence-electron chi connectivity index (χ0n) is 19.2. The second kappa shape index (κ2) is 10.2. The number of esters is 1. The Bertz CT molecular complexity index is 815. The van der Waals surface area contributed by atoms with Gasteiger partial charge in [0.1, 0.15) is 11.5 Å². The van der Waals surface area contributed by atoms with E-state index in [4.69, 9.17) is 9.73 Å². The molecule has 1 aromatic rings. The summed E-state index contributed by atoms with van der Waals surface area (Å²) >= 11 is 0. The minimum atomic E-state index is -0.634. The molecule has 3 N–H and O–H groups in total. The fourth-order valence-corrected chi connectivity index (χ4v) is 4.33. The third-order valence-corrected chi connectivity index (χ3v) is 6.17. The summed E-state index contributed by atoms with van der Waals surface area (Å²) < 4.78 is 4.97. The van der Waals surface area contributed by atoms with E-state index in [1.165, 1.54) is 20.0 Å². The maximum atomic E-state index is 12.8. The van der Waals surface area contributed by atoms with Gasteiger partial charge in [0, 0.05) is 17.2 Å². The molecule has 1 amide bonds. The molecule has 31 heavy (non-hydrogen) atoms. The van der Waals surface area contributed by atoms with Crippen LogP contribution in [0.4, 0.5) is 5.69 Å². The van der Waals surface area contributed by atoms with Gasteiger partial charge in [-0.3, -0.25) is 9.79 Å². The van der Waals surface area contributed by atoms with E-state index in [0.29, 0.717) is 12.4 Å². The van der Waals surface area contributed by atoms with Crippen LogP contribution in [0, 0.1) is 11.8 Å². The van der Waals surface area contributed by atoms with E-state index in [1.54, 1.807) is 0 Å². The van der Waals surface area contributed by atoms with Gasteiger partial charge in [0.05, 0.1) is 13.7 Å². The molecule has 0 spiro atoms. The second-order valence-corrected chi connectivity index (χ2v) is 9.22. The molecular weight excluding hydrogens is 392 g/mol. The number of benzene rings is 1. The summed E-state index contributed by atoms with van der Waals surface area (Å²) in [5, 5.41) is 10.1. The quantitative estimate of drug-likeness (QED) is 0.477. The molecule has 2 aliphatic rings. The molecule has 7 heteroatoms. The standard InChI is InChI=1S/C24H36N4O3/c1-16(2)20(23(30)31-4)26-21-18-13-9-10-14-19(18)27-24(3,28-21)15-25-22(29)17-11-7-5-6-8-12-17/h9-10,13-14,16-17,20,27H,5-8,11-12,15H2,1-4H3,(H,25,29)(H,26,28). The first kappa shape index (κ1) is 23.1. The number of methoxy groups -OCH3 is 1. The molecule has 0 aromatic heterocycles. The van der Waals surface area contributed by atoms with Crippen LogP contribution in [0.3, 0.4) is 0 Å². The highest BCUT2D eigenvalue weighted by Gasteiger charge is 2.34. The number of aliphatic imine (C=N–C) groups is 1. The Hall–Kier alpha value is -2.57. The van der Waals surface area contributed by atoms with Crippen molar-refractivity contribution in [2.75, 3.05) is 19.0 Å². The highest BCUT2D eigenvalue weighted by molar-refractivity contribution is 6.06. The second-order valence-electron chi connectivity index (χ2n) is 9.22. The molecule has 1 heterocycles. The average Bonchev–Trinajstić information content (AvgIpc) is 3.04. The molecule has 1 saturated carbocycles. The first-order valence-electron chi connectivity index (χ1n) is 11.4. The van der Waals surface area contributed by atoms with Gasteiger partial charge in [-0.25, -0.2) is 4.79 Å². The third kappa shape index (κ3) is 5.77. The molecule has 0 saturated heterocycles. The van der Waals surface area contributed by atoms with Crippen molar-refractivity contribution in [2.45, 2.75) is 71.0 Å². The molecule has 1 aliphatic heterocycles. The normalized spacial score (nSPS) is 23.8. The molecular formula is C24H36N4O3. The van der Waals surface area contributed by atoms with Crippen LogP contribution in [0.15, 0.2) is 29.3 Å². The summed E-state index contributed by atoms with van der Waals surface area (Å²) in [7, 11) is 1.38. The zero-order chi connectivity index (χ0) is 22.4. The molecule has 170 valence electrons. The molecule has 0 radical (unpaired) electrons. The third-order valence-electron chi connectivity index (χ3n) is 6.17. The first-order chi connectivity index (χ1) is 14.8. The van der Waals surface area contributed by atoms with Crippen LogP contribution < -0.4 is 16.0 Å². The van der Waals surface area contributed by atoms with Gasteiger partial charge in [-0.1, -0.05) is 51.7 Å². The van der Waals surface area contributed by atoms with Gasteiger partial charge in [-0.05, 0) is 37.8 Å². The fourth-order valence-electron chi connectivity index (χ4n) is 4.33. The lowest BCUT2D eigenvalue weighted by Crippen LogP contribution is -2.62. The predicted molar refractivity (Wildman–Crippen MR) is 123 cm³/mol. The van der Waals surface area contributed by atoms with E-state index in [9.17, 15) is 9.59 Å². The SMILES string of the molecule is COC(=O)C(N=C1NC(C)(CNC(=O)C2CCCCCC2)Nc2ccccc21)C(C)C. The summed E-state index contributed by atoms with van der Waals surface area (Å²) in [6.07, 6.45) is 6.62. The van der Waals surface area contributed by atoms with E-state index < -0.39 is 11.7 Å². The number of carbonyl (C=O) groups is 2. The Kier molecular flexibility index (Phi) is 7.57. The maximum absolute atomic E-state index is 12.8. The lowest BCUT2D eigenvalue weighted by atomic mass is 9.98. The Labute approximate surface area is 185 Å². The summed E-state index contributed by atoms with van der Waals surface area (Å²) in [5.41, 5.74) is 1.17. The molecule has 2 atom stereocenters. The molecule has 3 rings (SSSR count). The Morgan fingerprint density at radius 1 is 1.16 bits per heavy atom. The van der Waals surface area contributed by atoms with Gasteiger partial charge < -0.3 is 20.7 Å². The summed E-state index contributed by atoms with van der Waals surface area (Å²) in [6, 6.07) is 7.24. The monoisotopic (exact) mass is 428 g/mol. The number of rotatable bonds is 6. The predicted octanol–water partition coefficient (Wildman–Crippen LogP) is 3.45. The highest BCUT2D eigenvalue weighted by Crippen LogP contribution is 2.27. The van der Waals surface area contributed by atoms with Crippen molar-refractivity contribution in [1.82, 2.24) is 10.6 Å². The minimum absolute atomic E-state index is 0.00927. The van der Waals surface area contributed by atoms with Gasteiger partial charge in [-0.15, -0.1) is 0 Å². The van der Waals surface area contributed by atoms with Gasteiger partial charge >= 0.3 is 5.97 Å². The Morgan fingerprint density at radius 3 is 2.48 bits per heavy atom. The summed E-state index contributed by atoms with van der Waals surface area (Å²) in [6.45, 7) is 6.30. The van der Waals surface area contributed by atoms with Crippen molar-refractivity contribution >= 4 is 23.4 Å². The van der Waals surface area contributed by atoms with Crippen molar-refractivity contribution in [2.24, 2.45) is 16.8 Å². The molecule has 2 unspecified atom stereocenters.